The molecular weight excluding hydrogens is 488 g/mol. The monoisotopic (exact) mass is 522 g/mol. The Kier molecular flexibility index (Phi) is 7.24. The van der Waals surface area contributed by atoms with E-state index in [-0.39, 0.29) is 17.5 Å². The number of anilines is 1. The number of ether oxygens (including phenoxy) is 2. The molecule has 4 rings (SSSR count). The Hall–Kier alpha value is -3.52. The molecule has 3 aromatic rings. The lowest BCUT2D eigenvalue weighted by molar-refractivity contribution is -0.120. The number of methoxy groups -OCH3 is 1. The molecule has 1 unspecified atom stereocenters. The van der Waals surface area contributed by atoms with Gasteiger partial charge >= 0.3 is 0 Å². The predicted molar refractivity (Wildman–Crippen MR) is 145 cm³/mol. The first-order chi connectivity index (χ1) is 17.4. The molecule has 1 heterocycles. The van der Waals surface area contributed by atoms with E-state index in [1.165, 1.54) is 4.31 Å². The van der Waals surface area contributed by atoms with Crippen molar-refractivity contribution in [3.8, 4) is 11.5 Å². The molecule has 0 fully saturated rings. The largest absolute Gasteiger partial charge is 0.497 e. The van der Waals surface area contributed by atoms with E-state index in [0.29, 0.717) is 23.6 Å². The number of nitrogens with one attached hydrogen (secondary N) is 1. The molecule has 196 valence electrons. The van der Waals surface area contributed by atoms with Crippen LogP contribution in [-0.4, -0.2) is 33.6 Å². The van der Waals surface area contributed by atoms with Gasteiger partial charge in [-0.05, 0) is 88.2 Å². The van der Waals surface area contributed by atoms with Gasteiger partial charge in [-0.1, -0.05) is 23.8 Å². The summed E-state index contributed by atoms with van der Waals surface area (Å²) in [5.41, 5.74) is 3.65. The summed E-state index contributed by atoms with van der Waals surface area (Å²) in [4.78, 5) is 13.6. The van der Waals surface area contributed by atoms with Crippen molar-refractivity contribution in [2.24, 2.45) is 0 Å². The maximum Gasteiger partial charge on any atom is 0.264 e. The highest BCUT2D eigenvalue weighted by Gasteiger charge is 2.36. The second-order valence-electron chi connectivity index (χ2n) is 10.2. The number of aryl methyl sites for hydroxylation is 3. The molecule has 1 amide bonds. The Bertz CT molecular complexity index is 1410. The van der Waals surface area contributed by atoms with Gasteiger partial charge in [-0.15, -0.1) is 0 Å². The minimum Gasteiger partial charge on any atom is -0.497 e. The van der Waals surface area contributed by atoms with Crippen molar-refractivity contribution in [2.45, 2.75) is 57.6 Å². The van der Waals surface area contributed by atoms with E-state index in [9.17, 15) is 13.2 Å². The second kappa shape index (κ2) is 10.1. The summed E-state index contributed by atoms with van der Waals surface area (Å²) in [5, 5.41) is 3.06. The lowest BCUT2D eigenvalue weighted by Crippen LogP contribution is -2.45. The summed E-state index contributed by atoms with van der Waals surface area (Å²) in [6.45, 7) is 9.33. The Morgan fingerprint density at radius 1 is 1.03 bits per heavy atom. The lowest BCUT2D eigenvalue weighted by atomic mass is 9.89. The van der Waals surface area contributed by atoms with Crippen LogP contribution in [0.3, 0.4) is 0 Å². The van der Waals surface area contributed by atoms with Gasteiger partial charge in [0.15, 0.2) is 0 Å². The molecule has 0 bridgehead atoms. The van der Waals surface area contributed by atoms with Crippen molar-refractivity contribution in [3.05, 3.63) is 82.9 Å². The van der Waals surface area contributed by atoms with Gasteiger partial charge in [-0.25, -0.2) is 8.42 Å². The number of carbonyl (C=O) groups is 1. The molecule has 7 nitrogen and oxygen atoms in total. The molecule has 8 heteroatoms. The van der Waals surface area contributed by atoms with Gasteiger partial charge < -0.3 is 14.8 Å². The summed E-state index contributed by atoms with van der Waals surface area (Å²) < 4.78 is 40.2. The molecule has 0 saturated heterocycles. The standard InChI is InChI=1S/C29H34N2O5S/c1-19-7-12-24(13-8-19)37(33,34)31(22-10-9-20(2)21(3)15-22)18-28(32)30-26-17-29(4,5)36-27-14-11-23(35-6)16-25(26)27/h7-16,26H,17-18H2,1-6H3,(H,30,32). The lowest BCUT2D eigenvalue weighted by Gasteiger charge is -2.38. The van der Waals surface area contributed by atoms with E-state index >= 15 is 0 Å². The molecule has 0 spiro atoms. The summed E-state index contributed by atoms with van der Waals surface area (Å²) in [6.07, 6.45) is 0.521. The van der Waals surface area contributed by atoms with Crippen LogP contribution in [0.2, 0.25) is 0 Å². The first-order valence-electron chi connectivity index (χ1n) is 12.2. The van der Waals surface area contributed by atoms with Gasteiger partial charge in [-0.3, -0.25) is 9.10 Å². The van der Waals surface area contributed by atoms with E-state index in [2.05, 4.69) is 5.32 Å². The number of amides is 1. The summed E-state index contributed by atoms with van der Waals surface area (Å²) >= 11 is 0. The van der Waals surface area contributed by atoms with Crippen molar-refractivity contribution in [1.82, 2.24) is 5.32 Å². The maximum absolute atomic E-state index is 13.8. The third kappa shape index (κ3) is 5.74. The second-order valence-corrected chi connectivity index (χ2v) is 12.0. The molecule has 0 radical (unpaired) electrons. The third-order valence-electron chi connectivity index (χ3n) is 6.68. The van der Waals surface area contributed by atoms with Crippen LogP contribution < -0.4 is 19.1 Å². The molecule has 0 aliphatic carbocycles. The Labute approximate surface area is 219 Å². The number of rotatable bonds is 7. The first-order valence-corrected chi connectivity index (χ1v) is 13.7. The Balaban J connectivity index is 1.68. The fourth-order valence-corrected chi connectivity index (χ4v) is 5.90. The molecule has 1 N–H and O–H groups in total. The number of hydrogen-bond donors (Lipinski definition) is 1. The maximum atomic E-state index is 13.8. The van der Waals surface area contributed by atoms with E-state index in [0.717, 1.165) is 22.3 Å². The molecule has 1 atom stereocenters. The van der Waals surface area contributed by atoms with Crippen LogP contribution in [0.15, 0.2) is 65.6 Å². The fourth-order valence-electron chi connectivity index (χ4n) is 4.49. The van der Waals surface area contributed by atoms with E-state index in [1.54, 1.807) is 43.5 Å². The van der Waals surface area contributed by atoms with Gasteiger partial charge in [0.25, 0.3) is 10.0 Å². The molecule has 1 aliphatic rings. The molecule has 0 aromatic heterocycles. The minimum atomic E-state index is -4.00. The van der Waals surface area contributed by atoms with Crippen molar-refractivity contribution in [3.63, 3.8) is 0 Å². The highest BCUT2D eigenvalue weighted by atomic mass is 32.2. The molecule has 1 aliphatic heterocycles. The zero-order valence-corrected chi connectivity index (χ0v) is 23.0. The number of benzene rings is 3. The normalized spacial score (nSPS) is 16.3. The predicted octanol–water partition coefficient (Wildman–Crippen LogP) is 5.23. The SMILES string of the molecule is COc1ccc2c(c1)C(NC(=O)CN(c1ccc(C)c(C)c1)S(=O)(=O)c1ccc(C)cc1)CC(C)(C)O2. The number of hydrogen-bond acceptors (Lipinski definition) is 5. The molecule has 0 saturated carbocycles. The Morgan fingerprint density at radius 2 is 1.73 bits per heavy atom. The summed E-state index contributed by atoms with van der Waals surface area (Å²) in [5.74, 6) is 0.908. The van der Waals surface area contributed by atoms with E-state index in [4.69, 9.17) is 9.47 Å². The van der Waals surface area contributed by atoms with Crippen molar-refractivity contribution in [1.29, 1.82) is 0 Å². The number of carbonyl (C=O) groups excluding carboxylic acids is 1. The highest BCUT2D eigenvalue weighted by Crippen LogP contribution is 2.41. The first kappa shape index (κ1) is 26.5. The molecule has 37 heavy (non-hydrogen) atoms. The van der Waals surface area contributed by atoms with Crippen LogP contribution >= 0.6 is 0 Å². The molecular formula is C29H34N2O5S. The number of nitrogens with zero attached hydrogens (tertiary/aromatic N) is 1. The van der Waals surface area contributed by atoms with Crippen molar-refractivity contribution in [2.75, 3.05) is 18.0 Å². The third-order valence-corrected chi connectivity index (χ3v) is 8.47. The molecule has 3 aromatic carbocycles. The van der Waals surface area contributed by atoms with Crippen LogP contribution in [0.5, 0.6) is 11.5 Å². The number of fused-ring (bicyclic) bond motifs is 1. The van der Waals surface area contributed by atoms with E-state index < -0.39 is 21.5 Å². The van der Waals surface area contributed by atoms with Crippen LogP contribution in [0.1, 0.15) is 48.6 Å². The topological polar surface area (TPSA) is 84.9 Å². The quantitative estimate of drug-likeness (QED) is 0.459. The highest BCUT2D eigenvalue weighted by molar-refractivity contribution is 7.92. The zero-order chi connectivity index (χ0) is 27.0. The van der Waals surface area contributed by atoms with Gasteiger partial charge in [-0.2, -0.15) is 0 Å². The van der Waals surface area contributed by atoms with Gasteiger partial charge in [0.05, 0.1) is 23.7 Å². The minimum absolute atomic E-state index is 0.131. The van der Waals surface area contributed by atoms with E-state index in [1.807, 2.05) is 58.9 Å². The summed E-state index contributed by atoms with van der Waals surface area (Å²) in [7, 11) is -2.42. The zero-order valence-electron chi connectivity index (χ0n) is 22.2. The van der Waals surface area contributed by atoms with Gasteiger partial charge in [0.2, 0.25) is 5.91 Å². The van der Waals surface area contributed by atoms with Crippen LogP contribution in [-0.2, 0) is 14.8 Å². The van der Waals surface area contributed by atoms with Crippen LogP contribution in [0.4, 0.5) is 5.69 Å². The van der Waals surface area contributed by atoms with Crippen molar-refractivity contribution >= 4 is 21.6 Å². The Morgan fingerprint density at radius 3 is 2.38 bits per heavy atom. The number of sulfonamides is 1. The van der Waals surface area contributed by atoms with Gasteiger partial charge in [0.1, 0.15) is 23.6 Å². The van der Waals surface area contributed by atoms with Crippen molar-refractivity contribution < 1.29 is 22.7 Å². The van der Waals surface area contributed by atoms with Crippen LogP contribution in [0.25, 0.3) is 0 Å². The summed E-state index contributed by atoms with van der Waals surface area (Å²) in [6, 6.07) is 17.2. The smallest absolute Gasteiger partial charge is 0.264 e. The van der Waals surface area contributed by atoms with Crippen LogP contribution in [0, 0.1) is 20.8 Å². The fraction of sp³-hybridized carbons (Fsp3) is 0.345. The average Bonchev–Trinajstić information content (AvgIpc) is 2.83. The average molecular weight is 523 g/mol. The van der Waals surface area contributed by atoms with Gasteiger partial charge in [0, 0.05) is 12.0 Å².